The van der Waals surface area contributed by atoms with Crippen molar-refractivity contribution < 1.29 is 4.39 Å². The lowest BCUT2D eigenvalue weighted by molar-refractivity contribution is 0.584. The Labute approximate surface area is 104 Å². The standard InChI is InChI=1S/C14H12FN3/c15-14-4-3-12(9-18-14)17-8-10-1-2-11-5-6-16-13(11)7-10/h1-7,9,16-17H,8H2. The van der Waals surface area contributed by atoms with Gasteiger partial charge in [-0.25, -0.2) is 4.98 Å². The first-order valence-electron chi connectivity index (χ1n) is 5.73. The van der Waals surface area contributed by atoms with Crippen LogP contribution in [0.2, 0.25) is 0 Å². The van der Waals surface area contributed by atoms with Gasteiger partial charge in [0, 0.05) is 18.3 Å². The van der Waals surface area contributed by atoms with E-state index in [1.54, 1.807) is 6.07 Å². The van der Waals surface area contributed by atoms with Gasteiger partial charge in [-0.3, -0.25) is 0 Å². The molecule has 0 aliphatic heterocycles. The number of H-pyrrole nitrogens is 1. The quantitative estimate of drug-likeness (QED) is 0.691. The highest BCUT2D eigenvalue weighted by Gasteiger charge is 1.98. The van der Waals surface area contributed by atoms with E-state index in [1.165, 1.54) is 17.6 Å². The summed E-state index contributed by atoms with van der Waals surface area (Å²) in [5, 5.41) is 4.40. The molecule has 2 aromatic heterocycles. The summed E-state index contributed by atoms with van der Waals surface area (Å²) in [7, 11) is 0. The molecule has 3 nitrogen and oxygen atoms in total. The van der Waals surface area contributed by atoms with Crippen LogP contribution in [0.5, 0.6) is 0 Å². The van der Waals surface area contributed by atoms with Crippen LogP contribution in [0, 0.1) is 5.95 Å². The number of hydrogen-bond acceptors (Lipinski definition) is 2. The van der Waals surface area contributed by atoms with Gasteiger partial charge in [-0.1, -0.05) is 12.1 Å². The number of rotatable bonds is 3. The zero-order valence-electron chi connectivity index (χ0n) is 9.65. The van der Waals surface area contributed by atoms with Gasteiger partial charge in [0.15, 0.2) is 0 Å². The van der Waals surface area contributed by atoms with Crippen molar-refractivity contribution in [3.05, 3.63) is 60.3 Å². The summed E-state index contributed by atoms with van der Waals surface area (Å²) in [4.78, 5) is 6.77. The molecule has 0 fully saturated rings. The molecule has 2 heterocycles. The second-order valence-electron chi connectivity index (χ2n) is 4.12. The van der Waals surface area contributed by atoms with Gasteiger partial charge in [-0.2, -0.15) is 4.39 Å². The predicted octanol–water partition coefficient (Wildman–Crippen LogP) is 3.31. The zero-order chi connectivity index (χ0) is 12.4. The molecular weight excluding hydrogens is 229 g/mol. The maximum atomic E-state index is 12.6. The maximum absolute atomic E-state index is 12.6. The number of anilines is 1. The number of nitrogens with zero attached hydrogens (tertiary/aromatic N) is 1. The Bertz CT molecular complexity index is 658. The van der Waals surface area contributed by atoms with E-state index in [9.17, 15) is 4.39 Å². The summed E-state index contributed by atoms with van der Waals surface area (Å²) in [6.45, 7) is 0.683. The second-order valence-corrected chi connectivity index (χ2v) is 4.12. The number of halogens is 1. The van der Waals surface area contributed by atoms with Crippen LogP contribution in [0.25, 0.3) is 10.9 Å². The first-order chi connectivity index (χ1) is 8.81. The number of fused-ring (bicyclic) bond motifs is 1. The molecule has 0 bridgehead atoms. The van der Waals surface area contributed by atoms with Gasteiger partial charge < -0.3 is 10.3 Å². The predicted molar refractivity (Wildman–Crippen MR) is 69.8 cm³/mol. The van der Waals surface area contributed by atoms with Crippen molar-refractivity contribution in [2.24, 2.45) is 0 Å². The molecule has 18 heavy (non-hydrogen) atoms. The number of aromatic nitrogens is 2. The monoisotopic (exact) mass is 241 g/mol. The van der Waals surface area contributed by atoms with Crippen LogP contribution >= 0.6 is 0 Å². The average molecular weight is 241 g/mol. The molecule has 0 saturated heterocycles. The fourth-order valence-electron chi connectivity index (χ4n) is 1.89. The van der Waals surface area contributed by atoms with Crippen molar-refractivity contribution in [2.75, 3.05) is 5.32 Å². The van der Waals surface area contributed by atoms with E-state index in [1.807, 2.05) is 12.3 Å². The van der Waals surface area contributed by atoms with E-state index in [0.29, 0.717) is 6.54 Å². The molecule has 4 heteroatoms. The molecule has 0 aliphatic carbocycles. The van der Waals surface area contributed by atoms with Gasteiger partial charge in [0.25, 0.3) is 0 Å². The van der Waals surface area contributed by atoms with Crippen LogP contribution in [0.4, 0.5) is 10.1 Å². The van der Waals surface area contributed by atoms with E-state index < -0.39 is 5.95 Å². The Balaban J connectivity index is 1.74. The summed E-state index contributed by atoms with van der Waals surface area (Å²) in [6.07, 6.45) is 3.41. The van der Waals surface area contributed by atoms with E-state index in [2.05, 4.69) is 33.5 Å². The molecule has 3 aromatic rings. The number of nitrogens with one attached hydrogen (secondary N) is 2. The minimum absolute atomic E-state index is 0.464. The van der Waals surface area contributed by atoms with Gasteiger partial charge in [0.05, 0.1) is 11.9 Å². The second kappa shape index (κ2) is 4.49. The lowest BCUT2D eigenvalue weighted by atomic mass is 10.1. The summed E-state index contributed by atoms with van der Waals surface area (Å²) in [6, 6.07) is 11.3. The first kappa shape index (κ1) is 10.8. The normalized spacial score (nSPS) is 10.7. The minimum Gasteiger partial charge on any atom is -0.380 e. The maximum Gasteiger partial charge on any atom is 0.212 e. The number of pyridine rings is 1. The first-order valence-corrected chi connectivity index (χ1v) is 5.73. The Morgan fingerprint density at radius 3 is 2.94 bits per heavy atom. The molecule has 2 N–H and O–H groups in total. The Morgan fingerprint density at radius 1 is 1.17 bits per heavy atom. The third kappa shape index (κ3) is 2.18. The van der Waals surface area contributed by atoms with Crippen LogP contribution in [-0.4, -0.2) is 9.97 Å². The van der Waals surface area contributed by atoms with E-state index in [0.717, 1.165) is 16.8 Å². The van der Waals surface area contributed by atoms with Crippen LogP contribution in [0.3, 0.4) is 0 Å². The van der Waals surface area contributed by atoms with Crippen molar-refractivity contribution >= 4 is 16.6 Å². The lowest BCUT2D eigenvalue weighted by Gasteiger charge is -2.06. The van der Waals surface area contributed by atoms with Crippen LogP contribution in [-0.2, 0) is 6.54 Å². The zero-order valence-corrected chi connectivity index (χ0v) is 9.65. The van der Waals surface area contributed by atoms with E-state index >= 15 is 0 Å². The fourth-order valence-corrected chi connectivity index (χ4v) is 1.89. The van der Waals surface area contributed by atoms with Gasteiger partial charge in [-0.05, 0) is 35.2 Å². The number of hydrogen-bond donors (Lipinski definition) is 2. The SMILES string of the molecule is Fc1ccc(NCc2ccc3cc[nH]c3c2)cn1. The van der Waals surface area contributed by atoms with Crippen LogP contribution < -0.4 is 5.32 Å². The summed E-state index contributed by atoms with van der Waals surface area (Å²) >= 11 is 0. The summed E-state index contributed by atoms with van der Waals surface area (Å²) < 4.78 is 12.6. The molecule has 90 valence electrons. The smallest absolute Gasteiger partial charge is 0.212 e. The molecule has 1 aromatic carbocycles. The third-order valence-electron chi connectivity index (χ3n) is 2.84. The highest BCUT2D eigenvalue weighted by Crippen LogP contribution is 2.15. The minimum atomic E-state index is -0.464. The lowest BCUT2D eigenvalue weighted by Crippen LogP contribution is -1.99. The van der Waals surface area contributed by atoms with Crippen molar-refractivity contribution in [3.63, 3.8) is 0 Å². The van der Waals surface area contributed by atoms with Gasteiger partial charge >= 0.3 is 0 Å². The van der Waals surface area contributed by atoms with Crippen molar-refractivity contribution in [3.8, 4) is 0 Å². The summed E-state index contributed by atoms with van der Waals surface area (Å²) in [5.74, 6) is -0.464. The third-order valence-corrected chi connectivity index (χ3v) is 2.84. The average Bonchev–Trinajstić information content (AvgIpc) is 2.85. The topological polar surface area (TPSA) is 40.7 Å². The Kier molecular flexibility index (Phi) is 2.68. The van der Waals surface area contributed by atoms with Gasteiger partial charge in [0.2, 0.25) is 5.95 Å². The van der Waals surface area contributed by atoms with E-state index in [4.69, 9.17) is 0 Å². The molecule has 0 atom stereocenters. The van der Waals surface area contributed by atoms with Crippen molar-refractivity contribution in [2.45, 2.75) is 6.54 Å². The Hall–Kier alpha value is -2.36. The molecule has 0 spiro atoms. The van der Waals surface area contributed by atoms with Crippen LogP contribution in [0.1, 0.15) is 5.56 Å². The molecule has 0 amide bonds. The molecule has 0 radical (unpaired) electrons. The fraction of sp³-hybridized carbons (Fsp3) is 0.0714. The molecular formula is C14H12FN3. The summed E-state index contributed by atoms with van der Waals surface area (Å²) in [5.41, 5.74) is 3.09. The highest BCUT2D eigenvalue weighted by atomic mass is 19.1. The molecule has 0 unspecified atom stereocenters. The Morgan fingerprint density at radius 2 is 2.11 bits per heavy atom. The highest BCUT2D eigenvalue weighted by molar-refractivity contribution is 5.79. The molecule has 0 saturated carbocycles. The molecule has 3 rings (SSSR count). The number of aromatic amines is 1. The van der Waals surface area contributed by atoms with Crippen LogP contribution in [0.15, 0.2) is 48.8 Å². The van der Waals surface area contributed by atoms with E-state index in [-0.39, 0.29) is 0 Å². The largest absolute Gasteiger partial charge is 0.380 e. The van der Waals surface area contributed by atoms with Crippen molar-refractivity contribution in [1.29, 1.82) is 0 Å². The molecule has 0 aliphatic rings. The van der Waals surface area contributed by atoms with Gasteiger partial charge in [0.1, 0.15) is 0 Å². The van der Waals surface area contributed by atoms with Crippen molar-refractivity contribution in [1.82, 2.24) is 9.97 Å². The van der Waals surface area contributed by atoms with Gasteiger partial charge in [-0.15, -0.1) is 0 Å². The number of benzene rings is 1.